The lowest BCUT2D eigenvalue weighted by Gasteiger charge is -2.44. The molecule has 14 rings (SSSR count). The van der Waals surface area contributed by atoms with Gasteiger partial charge in [0.1, 0.15) is 0 Å². The maximum Gasteiger partial charge on any atom is 0.264 e. The standard InChI is InChI=1S/C70H59BN2S/c1-42(2)46-27-34-52(45-19-11-9-12-20-45)56(39-46)48-29-36-60-61(41-48)72(50-21-13-10-14-22-50)62-37-44(5)38-63-65(62)71(60)68-66(73(63)51-32-30-49(31-33-51)69(6,7)8)64-55-35-28-47(43(3)4)40-59(55)70(67(64)74-68)57-25-17-15-23-53(57)54-24-16-18-26-58(54)70/h9-43H,1-8H3. The molecule has 4 aliphatic rings. The summed E-state index contributed by atoms with van der Waals surface area (Å²) < 4.78 is 1.40. The number of para-hydroxylation sites is 1. The van der Waals surface area contributed by atoms with Crippen LogP contribution >= 0.6 is 11.3 Å². The second kappa shape index (κ2) is 16.4. The van der Waals surface area contributed by atoms with Gasteiger partial charge in [-0.3, -0.25) is 0 Å². The molecule has 0 N–H and O–H groups in total. The predicted octanol–water partition coefficient (Wildman–Crippen LogP) is 17.4. The normalized spacial score (nSPS) is 14.2. The zero-order valence-electron chi connectivity index (χ0n) is 43.6. The first kappa shape index (κ1) is 45.0. The van der Waals surface area contributed by atoms with Crippen molar-refractivity contribution in [1.82, 2.24) is 0 Å². The quantitative estimate of drug-likeness (QED) is 0.153. The number of thiophene rings is 1. The Balaban J connectivity index is 1.11. The number of anilines is 6. The summed E-state index contributed by atoms with van der Waals surface area (Å²) in [6.45, 7) is 18.5. The van der Waals surface area contributed by atoms with Crippen molar-refractivity contribution in [3.8, 4) is 44.5 Å². The van der Waals surface area contributed by atoms with E-state index in [9.17, 15) is 0 Å². The van der Waals surface area contributed by atoms with Crippen molar-refractivity contribution in [2.75, 3.05) is 9.80 Å². The maximum atomic E-state index is 2.68. The van der Waals surface area contributed by atoms with Gasteiger partial charge < -0.3 is 9.80 Å². The first-order chi connectivity index (χ1) is 35.9. The van der Waals surface area contributed by atoms with E-state index in [2.05, 4.69) is 277 Å². The Hall–Kier alpha value is -7.66. The lowest BCUT2D eigenvalue weighted by molar-refractivity contribution is 0.590. The van der Waals surface area contributed by atoms with Gasteiger partial charge in [-0.2, -0.15) is 0 Å². The summed E-state index contributed by atoms with van der Waals surface area (Å²) in [5.74, 6) is 0.777. The zero-order chi connectivity index (χ0) is 50.4. The number of hydrogen-bond donors (Lipinski definition) is 0. The summed E-state index contributed by atoms with van der Waals surface area (Å²) in [6.07, 6.45) is 0. The molecule has 0 unspecified atom stereocenters. The molecular weight excluding hydrogens is 912 g/mol. The average Bonchev–Trinajstić information content (AvgIpc) is 4.06. The molecule has 0 amide bonds. The van der Waals surface area contributed by atoms with Gasteiger partial charge in [-0.25, -0.2) is 0 Å². The molecule has 74 heavy (non-hydrogen) atoms. The summed E-state index contributed by atoms with van der Waals surface area (Å²) in [5.41, 5.74) is 29.4. The van der Waals surface area contributed by atoms with Gasteiger partial charge in [0.2, 0.25) is 0 Å². The zero-order valence-corrected chi connectivity index (χ0v) is 44.4. The lowest BCUT2D eigenvalue weighted by atomic mass is 9.36. The van der Waals surface area contributed by atoms with Crippen LogP contribution in [0.4, 0.5) is 34.1 Å². The van der Waals surface area contributed by atoms with E-state index in [4.69, 9.17) is 0 Å². The van der Waals surface area contributed by atoms with Gasteiger partial charge in [-0.05, 0) is 155 Å². The molecule has 10 aromatic rings. The molecule has 4 heteroatoms. The highest BCUT2D eigenvalue weighted by molar-refractivity contribution is 7.30. The SMILES string of the molecule is Cc1cc2c3c(c1)N(c1ccc(C(C)(C)C)cc1)c1c(sc4c1-c1ccc(C(C)C)cc1C41c4ccccc4-c4ccccc41)B3c1ccc(-c3cc(C(C)C)ccc3-c3ccccc3)cc1N2c1ccccc1. The lowest BCUT2D eigenvalue weighted by Crippen LogP contribution is -2.60. The first-order valence-corrected chi connectivity index (χ1v) is 27.5. The summed E-state index contributed by atoms with van der Waals surface area (Å²) in [7, 11) is 0. The fourth-order valence-electron chi connectivity index (χ4n) is 13.2. The molecule has 0 fully saturated rings. The largest absolute Gasteiger partial charge is 0.311 e. The van der Waals surface area contributed by atoms with Gasteiger partial charge >= 0.3 is 0 Å². The number of aryl methyl sites for hydroxylation is 1. The van der Waals surface area contributed by atoms with E-state index in [1.54, 1.807) is 0 Å². The highest BCUT2D eigenvalue weighted by Gasteiger charge is 2.57. The van der Waals surface area contributed by atoms with E-state index < -0.39 is 5.41 Å². The highest BCUT2D eigenvalue weighted by Crippen LogP contribution is 2.67. The van der Waals surface area contributed by atoms with Gasteiger partial charge in [0, 0.05) is 43.7 Å². The minimum Gasteiger partial charge on any atom is -0.311 e. The van der Waals surface area contributed by atoms with E-state index in [0.717, 1.165) is 5.69 Å². The predicted molar refractivity (Wildman–Crippen MR) is 317 cm³/mol. The Bertz CT molecular complexity index is 3870. The van der Waals surface area contributed by atoms with Crippen LogP contribution in [0, 0.1) is 6.92 Å². The van der Waals surface area contributed by atoms with Crippen LogP contribution in [0.2, 0.25) is 0 Å². The summed E-state index contributed by atoms with van der Waals surface area (Å²) in [6, 6.07) is 77.1. The fourth-order valence-corrected chi connectivity index (χ4v) is 14.9. The minimum atomic E-state index is -0.482. The van der Waals surface area contributed by atoms with Crippen molar-refractivity contribution in [3.05, 3.63) is 244 Å². The summed E-state index contributed by atoms with van der Waals surface area (Å²) in [5, 5.41) is 0. The fraction of sp³-hybridized carbons (Fsp3) is 0.171. The van der Waals surface area contributed by atoms with Gasteiger partial charge in [0.15, 0.2) is 0 Å². The van der Waals surface area contributed by atoms with E-state index in [0.29, 0.717) is 11.8 Å². The van der Waals surface area contributed by atoms with Crippen molar-refractivity contribution in [3.63, 3.8) is 0 Å². The van der Waals surface area contributed by atoms with Crippen LogP contribution in [-0.2, 0) is 10.8 Å². The van der Waals surface area contributed by atoms with Gasteiger partial charge in [-0.15, -0.1) is 11.3 Å². The maximum absolute atomic E-state index is 2.68. The van der Waals surface area contributed by atoms with Gasteiger partial charge in [0.25, 0.3) is 6.71 Å². The Morgan fingerprint density at radius 2 is 1.05 bits per heavy atom. The molecule has 2 aliphatic carbocycles. The molecular formula is C70H59BN2S. The Morgan fingerprint density at radius 1 is 0.473 bits per heavy atom. The van der Waals surface area contributed by atoms with E-state index in [1.807, 2.05) is 0 Å². The molecule has 358 valence electrons. The summed E-state index contributed by atoms with van der Waals surface area (Å²) in [4.78, 5) is 6.69. The molecule has 0 saturated heterocycles. The van der Waals surface area contributed by atoms with Crippen LogP contribution in [0.5, 0.6) is 0 Å². The Kier molecular flexibility index (Phi) is 9.99. The number of hydrogen-bond acceptors (Lipinski definition) is 3. The molecule has 0 radical (unpaired) electrons. The Morgan fingerprint density at radius 3 is 1.70 bits per heavy atom. The monoisotopic (exact) mass is 970 g/mol. The molecule has 9 aromatic carbocycles. The molecule has 0 atom stereocenters. The molecule has 3 heterocycles. The second-order valence-electron chi connectivity index (χ2n) is 22.9. The van der Waals surface area contributed by atoms with Crippen LogP contribution in [0.3, 0.4) is 0 Å². The van der Waals surface area contributed by atoms with Crippen molar-refractivity contribution in [2.45, 2.75) is 78.1 Å². The van der Waals surface area contributed by atoms with Crippen molar-refractivity contribution < 1.29 is 0 Å². The topological polar surface area (TPSA) is 6.48 Å². The van der Waals surface area contributed by atoms with Gasteiger partial charge in [-0.1, -0.05) is 206 Å². The first-order valence-electron chi connectivity index (χ1n) is 26.7. The minimum absolute atomic E-state index is 0.0161. The third-order valence-corrected chi connectivity index (χ3v) is 18.2. The number of benzene rings is 9. The van der Waals surface area contributed by atoms with E-state index in [1.165, 1.54) is 132 Å². The highest BCUT2D eigenvalue weighted by atomic mass is 32.1. The Labute approximate surface area is 441 Å². The van der Waals surface area contributed by atoms with Crippen LogP contribution in [0.25, 0.3) is 44.5 Å². The third-order valence-electron chi connectivity index (χ3n) is 16.8. The summed E-state index contributed by atoms with van der Waals surface area (Å²) >= 11 is 2.07. The molecule has 2 aliphatic heterocycles. The average molecular weight is 971 g/mol. The second-order valence-corrected chi connectivity index (χ2v) is 23.9. The van der Waals surface area contributed by atoms with Gasteiger partial charge in [0.05, 0.1) is 11.1 Å². The van der Waals surface area contributed by atoms with Crippen molar-refractivity contribution in [1.29, 1.82) is 0 Å². The van der Waals surface area contributed by atoms with E-state index in [-0.39, 0.29) is 12.1 Å². The van der Waals surface area contributed by atoms with Crippen LogP contribution in [-0.4, -0.2) is 6.71 Å². The molecule has 1 spiro atoms. The molecule has 1 aromatic heterocycles. The molecule has 0 saturated carbocycles. The number of fused-ring (bicyclic) bond motifs is 15. The van der Waals surface area contributed by atoms with E-state index >= 15 is 0 Å². The van der Waals surface area contributed by atoms with Crippen LogP contribution in [0.1, 0.15) is 104 Å². The molecule has 2 nitrogen and oxygen atoms in total. The third kappa shape index (κ3) is 6.37. The van der Waals surface area contributed by atoms with Crippen molar-refractivity contribution in [2.24, 2.45) is 0 Å². The van der Waals surface area contributed by atoms with Crippen LogP contribution in [0.15, 0.2) is 200 Å². The number of rotatable bonds is 6. The molecule has 0 bridgehead atoms. The van der Waals surface area contributed by atoms with Crippen molar-refractivity contribution >= 4 is 67.9 Å². The van der Waals surface area contributed by atoms with Crippen LogP contribution < -0.4 is 25.5 Å². The smallest absolute Gasteiger partial charge is 0.264 e. The number of nitrogens with zero attached hydrogens (tertiary/aromatic N) is 2.